The summed E-state index contributed by atoms with van der Waals surface area (Å²) in [6.45, 7) is 21.2. The van der Waals surface area contributed by atoms with Crippen molar-refractivity contribution < 1.29 is 86.7 Å². The summed E-state index contributed by atoms with van der Waals surface area (Å²) in [5.74, 6) is -7.23. The summed E-state index contributed by atoms with van der Waals surface area (Å²) in [6, 6.07) is 10.7. The first-order chi connectivity index (χ1) is 54.1. The van der Waals surface area contributed by atoms with Crippen molar-refractivity contribution in [2.24, 2.45) is 29.6 Å². The molecule has 7 amide bonds. The zero-order valence-corrected chi connectivity index (χ0v) is 72.5. The lowest BCUT2D eigenvalue weighted by molar-refractivity contribution is -0.161. The van der Waals surface area contributed by atoms with Crippen molar-refractivity contribution in [2.75, 3.05) is 71.0 Å². The summed E-state index contributed by atoms with van der Waals surface area (Å²) in [4.78, 5) is 178. The number of nitrogens with one attached hydrogen (secondary N) is 2. The molecule has 4 bridgehead atoms. The van der Waals surface area contributed by atoms with Gasteiger partial charge in [-0.15, -0.1) is 34.9 Å². The van der Waals surface area contributed by atoms with E-state index in [1.54, 1.807) is 75.3 Å². The average molecular weight is 1670 g/mol. The Morgan fingerprint density at radius 1 is 0.896 bits per heavy atom. The van der Waals surface area contributed by atoms with Crippen molar-refractivity contribution in [2.45, 2.75) is 220 Å². The van der Waals surface area contributed by atoms with Gasteiger partial charge in [-0.1, -0.05) is 112 Å². The van der Waals surface area contributed by atoms with Crippen LogP contribution >= 0.6 is 46.5 Å². The molecule has 0 radical (unpaired) electrons. The molecule has 0 spiro atoms. The van der Waals surface area contributed by atoms with Crippen LogP contribution in [0.1, 0.15) is 184 Å². The van der Waals surface area contributed by atoms with E-state index in [0.717, 1.165) is 43.6 Å². The van der Waals surface area contributed by atoms with Crippen molar-refractivity contribution in [3.05, 3.63) is 127 Å². The Hall–Kier alpha value is -8.10. The van der Waals surface area contributed by atoms with Gasteiger partial charge in [-0.2, -0.15) is 0 Å². The van der Waals surface area contributed by atoms with Crippen molar-refractivity contribution in [3.8, 4) is 0 Å². The van der Waals surface area contributed by atoms with E-state index in [4.69, 9.17) is 30.5 Å². The van der Waals surface area contributed by atoms with Crippen molar-refractivity contribution >= 4 is 123 Å². The highest BCUT2D eigenvalue weighted by atomic mass is 35.5. The number of likely N-dealkylation sites (N-methyl/N-ethyl adjacent to an activating group) is 1. The number of ketones is 4. The molecule has 0 saturated carbocycles. The van der Waals surface area contributed by atoms with E-state index in [-0.39, 0.29) is 99.0 Å². The van der Waals surface area contributed by atoms with Crippen LogP contribution < -0.4 is 15.5 Å². The predicted octanol–water partition coefficient (Wildman–Crippen LogP) is 11.4. The number of epoxide rings is 1. The first kappa shape index (κ1) is 94.1. The fourth-order valence-corrected chi connectivity index (χ4v) is 16.7. The summed E-state index contributed by atoms with van der Waals surface area (Å²) >= 11 is 10.6. The number of anilines is 1. The Balaban J connectivity index is 0.990. The number of nitrogens with zero attached hydrogens (tertiary/aromatic N) is 7. The molecule has 27 nitrogen and oxygen atoms in total. The number of esters is 1. The zero-order chi connectivity index (χ0) is 85.1. The van der Waals surface area contributed by atoms with Gasteiger partial charge in [-0.3, -0.25) is 58.2 Å². The number of hydrazine groups is 1. The van der Waals surface area contributed by atoms with Gasteiger partial charge in [0.1, 0.15) is 47.4 Å². The number of aliphatic hydroxyl groups excluding tert-OH is 1. The first-order valence-corrected chi connectivity index (χ1v) is 42.5. The molecule has 31 heteroatoms. The van der Waals surface area contributed by atoms with Crippen LogP contribution in [0.25, 0.3) is 0 Å². The summed E-state index contributed by atoms with van der Waals surface area (Å²) < 4.78 is 23.9. The quantitative estimate of drug-likeness (QED) is 0.0250. The maximum atomic E-state index is 15.0. The summed E-state index contributed by atoms with van der Waals surface area (Å²) in [6.07, 6.45) is 2.68. The van der Waals surface area contributed by atoms with Crippen LogP contribution in [0.4, 0.5) is 15.3 Å². The number of allylic oxidation sites excluding steroid dienone is 3. The third kappa shape index (κ3) is 26.2. The lowest BCUT2D eigenvalue weighted by atomic mass is 9.81. The molecule has 3 aromatic rings. The lowest BCUT2D eigenvalue weighted by Gasteiger charge is -2.40. The minimum atomic E-state index is -1.92. The number of aliphatic hydroxyl groups is 2. The molecule has 0 aliphatic carbocycles. The Kier molecular flexibility index (Phi) is 34.6. The maximum absolute atomic E-state index is 15.0. The van der Waals surface area contributed by atoms with E-state index in [2.05, 4.69) is 15.6 Å². The highest BCUT2D eigenvalue weighted by Gasteiger charge is 2.62. The van der Waals surface area contributed by atoms with Gasteiger partial charge in [-0.25, -0.2) is 24.6 Å². The summed E-state index contributed by atoms with van der Waals surface area (Å²) in [5.41, 5.74) is 0.515. The largest absolute Gasteiger partial charge is 0.455 e. The number of carbonyl (C=O) groups is 12. The monoisotopic (exact) mass is 1670 g/mol. The van der Waals surface area contributed by atoms with E-state index in [1.165, 1.54) is 77.2 Å². The second kappa shape index (κ2) is 42.3. The van der Waals surface area contributed by atoms with Crippen molar-refractivity contribution in [3.63, 3.8) is 0 Å². The van der Waals surface area contributed by atoms with Gasteiger partial charge in [0.15, 0.2) is 29.2 Å². The molecule has 4 aliphatic heterocycles. The SMILES string of the molecule is CC[C@H](C)[C@H](CC(=O)C(C)(C)N(C)CCC(=O)CN1C(=O)/C=C/SCS/C=C/C(=O)N1CC(=O)CCCN(C)C(=O)O[C@H]1CC(=O)N(C)c2cc(cc(C)c2Cl)C/C(C)=C/C=C/[C@@H](CO)[C@@]2(O)CC(C[C@H]3O[C@]13C)OC(=O)N2)C(=O)N(C)[C@H](C[C@@H](OC(C)=O)c1nc(C(=O)N[C@@H](Cc2ccc(C)cc2)CC(C)C(C)=O)cs1)C(C)C. The van der Waals surface area contributed by atoms with Gasteiger partial charge >= 0.3 is 18.2 Å². The van der Waals surface area contributed by atoms with Gasteiger partial charge in [-0.05, 0) is 127 Å². The number of alkyl carbamates (subject to hydrolysis) is 1. The standard InChI is InChI=1S/C84H116ClN9O18S3/c1-18-53(6)65(79(105)92(17)67(50(2)3)42-69(109-57(10)97)78-87-66(48-115-78)77(104)86-61(37-54(7)56(9)96)38-58-26-24-51(4)25-27-58)41-70(100)82(11,12)90(15)32-28-63(99)46-94-74(102)30-34-114-49-113-33-29-73(101)93(94)45-62(98)23-20-31-89(14)81(107)111-71-43-75(103)91(16)68-39-59(36-55(8)76(68)85)35-52(5)21-19-22-60(47-95)84(108)44-64(110-80(106)88-84)40-72-83(71,13)112-72/h19,21-22,24-27,29-30,33-34,36,39,48,50,53-54,60-61,64-65,67,69,71-72,95,108H,18,20,23,28,31-32,35,37-38,40-47,49H2,1-17H3,(H,86,104)(H,88,106)/b22-19+,33-29+,34-30+,52-21+/t53-,54?,60-,61+,64?,65-,67+,69+,71-,72+,83+,84-/m0/s1. The van der Waals surface area contributed by atoms with Crippen LogP contribution in [0.2, 0.25) is 5.02 Å². The number of rotatable bonds is 33. The zero-order valence-electron chi connectivity index (χ0n) is 69.3. The number of aromatic nitrogens is 1. The third-order valence-electron chi connectivity index (χ3n) is 22.4. The molecule has 12 atom stereocenters. The normalized spacial score (nSPS) is 23.3. The van der Waals surface area contributed by atoms with Crippen LogP contribution in [0.3, 0.4) is 0 Å². The van der Waals surface area contributed by atoms with Gasteiger partial charge in [0.25, 0.3) is 17.7 Å². The molecule has 4 aliphatic rings. The van der Waals surface area contributed by atoms with Gasteiger partial charge < -0.3 is 49.2 Å². The molecule has 4 N–H and O–H groups in total. The van der Waals surface area contributed by atoms with E-state index < -0.39 is 145 Å². The fraction of sp³-hybridized carbons (Fsp3) is 0.583. The highest BCUT2D eigenvalue weighted by molar-refractivity contribution is 8.18. The minimum absolute atomic E-state index is 0.0000400. The van der Waals surface area contributed by atoms with Crippen molar-refractivity contribution in [1.82, 2.24) is 40.3 Å². The number of carbonyl (C=O) groups excluding carboxylic acids is 12. The number of aryl methyl sites for hydroxylation is 2. The van der Waals surface area contributed by atoms with E-state index in [0.29, 0.717) is 52.0 Å². The van der Waals surface area contributed by atoms with Crippen LogP contribution in [0.15, 0.2) is 88.5 Å². The van der Waals surface area contributed by atoms with Crippen LogP contribution in [-0.4, -0.2) is 224 Å². The molecule has 115 heavy (non-hydrogen) atoms. The first-order valence-electron chi connectivity index (χ1n) is 39.1. The average Bonchev–Trinajstić information content (AvgIpc) is 1.58. The van der Waals surface area contributed by atoms with Gasteiger partial charge in [0.2, 0.25) is 11.8 Å². The minimum Gasteiger partial charge on any atom is -0.455 e. The van der Waals surface area contributed by atoms with Gasteiger partial charge in [0.05, 0.1) is 35.4 Å². The molecule has 2 saturated heterocycles. The number of thioether (sulfide) groups is 2. The molecule has 630 valence electrons. The van der Waals surface area contributed by atoms with Crippen molar-refractivity contribution in [1.29, 1.82) is 0 Å². The molecule has 1 aromatic heterocycles. The number of fused-ring (bicyclic) bond motifs is 5. The van der Waals surface area contributed by atoms with Crippen LogP contribution in [0, 0.1) is 43.4 Å². The Morgan fingerprint density at radius 3 is 2.15 bits per heavy atom. The second-order valence-electron chi connectivity index (χ2n) is 32.0. The number of hydrogen-bond acceptors (Lipinski definition) is 23. The number of halogens is 1. The fourth-order valence-electron chi connectivity index (χ4n) is 14.3. The van der Waals surface area contributed by atoms with E-state index in [1.807, 2.05) is 91.8 Å². The number of ether oxygens (including phenoxy) is 4. The molecule has 2 fully saturated rings. The molecule has 2 unspecified atom stereocenters. The Morgan fingerprint density at radius 2 is 1.54 bits per heavy atom. The molecule has 5 heterocycles. The van der Waals surface area contributed by atoms with Crippen LogP contribution in [0.5, 0.6) is 0 Å². The number of benzene rings is 2. The number of hydrogen-bond donors (Lipinski definition) is 4. The number of amides is 7. The Labute approximate surface area is 693 Å². The van der Waals surface area contributed by atoms with Crippen LogP contribution in [-0.2, 0) is 74.9 Å². The van der Waals surface area contributed by atoms with Gasteiger partial charge in [0, 0.05) is 132 Å². The third-order valence-corrected chi connectivity index (χ3v) is 25.6. The summed E-state index contributed by atoms with van der Waals surface area (Å²) in [7, 11) is 6.33. The smallest absolute Gasteiger partial charge is 0.409 e. The maximum Gasteiger partial charge on any atom is 0.409 e. The second-order valence-corrected chi connectivity index (χ2v) is 35.4. The summed E-state index contributed by atoms with van der Waals surface area (Å²) in [5, 5.41) is 35.5. The van der Waals surface area contributed by atoms with E-state index in [9.17, 15) is 63.0 Å². The molecule has 7 rings (SSSR count). The number of Topliss-reactive ketones (excluding diaryl/α,β-unsaturated/α-hetero) is 4. The predicted molar refractivity (Wildman–Crippen MR) is 443 cm³/mol. The molecular weight excluding hydrogens is 1550 g/mol. The topological polar surface area (TPSA) is 342 Å². The highest BCUT2D eigenvalue weighted by Crippen LogP contribution is 2.47. The molecular formula is C84H116ClN9O18S3. The molecule has 2 aromatic carbocycles. The Bertz CT molecular complexity index is 4150. The number of thiazole rings is 1. The van der Waals surface area contributed by atoms with E-state index >= 15 is 4.79 Å². The lowest BCUT2D eigenvalue weighted by Crippen LogP contribution is -2.60.